The lowest BCUT2D eigenvalue weighted by Gasteiger charge is -2.34. The third kappa shape index (κ3) is 4.05. The number of hydrogen-bond acceptors (Lipinski definition) is 5. The Labute approximate surface area is 202 Å². The average Bonchev–Trinajstić information content (AvgIpc) is 3.67. The van der Waals surface area contributed by atoms with Crippen LogP contribution in [0, 0.1) is 13.8 Å². The summed E-state index contributed by atoms with van der Waals surface area (Å²) in [4.78, 5) is 19.2. The number of piperidine rings is 1. The molecule has 2 unspecified atom stereocenters. The molecule has 0 radical (unpaired) electrons. The Balaban J connectivity index is 1.14. The van der Waals surface area contributed by atoms with Crippen LogP contribution in [0.3, 0.4) is 0 Å². The lowest BCUT2D eigenvalue weighted by molar-refractivity contribution is 0.495. The quantitative estimate of drug-likeness (QED) is 0.446. The van der Waals surface area contributed by atoms with E-state index in [1.54, 1.807) is 0 Å². The van der Waals surface area contributed by atoms with Crippen molar-refractivity contribution in [1.29, 1.82) is 0 Å². The number of anilines is 1. The molecule has 0 aliphatic carbocycles. The Morgan fingerprint density at radius 3 is 2.15 bits per heavy atom. The van der Waals surface area contributed by atoms with Gasteiger partial charge in [0.2, 0.25) is 0 Å². The first-order chi connectivity index (χ1) is 16.7. The second kappa shape index (κ2) is 9.19. The molecule has 2 aromatic heterocycles. The molecule has 1 aromatic carbocycles. The van der Waals surface area contributed by atoms with Gasteiger partial charge in [-0.25, -0.2) is 9.97 Å². The zero-order valence-corrected chi connectivity index (χ0v) is 20.5. The van der Waals surface area contributed by atoms with Gasteiger partial charge in [-0.15, -0.1) is 0 Å². The number of rotatable bonds is 5. The molecule has 3 saturated heterocycles. The molecular formula is C27H37N7. The first-order valence-corrected chi connectivity index (χ1v) is 13.1. The number of hydrogen-bond donors (Lipinski definition) is 4. The van der Waals surface area contributed by atoms with Crippen molar-refractivity contribution in [3.8, 4) is 11.3 Å². The fourth-order valence-corrected chi connectivity index (χ4v) is 6.09. The van der Waals surface area contributed by atoms with Gasteiger partial charge < -0.3 is 25.5 Å². The van der Waals surface area contributed by atoms with E-state index in [0.29, 0.717) is 18.0 Å². The van der Waals surface area contributed by atoms with Gasteiger partial charge in [0, 0.05) is 42.1 Å². The number of aromatic amines is 2. The molecule has 4 N–H and O–H groups in total. The minimum Gasteiger partial charge on any atom is -0.371 e. The van der Waals surface area contributed by atoms with Crippen LogP contribution >= 0.6 is 0 Å². The molecule has 34 heavy (non-hydrogen) atoms. The monoisotopic (exact) mass is 459 g/mol. The molecular weight excluding hydrogens is 422 g/mol. The third-order valence-corrected chi connectivity index (χ3v) is 8.32. The van der Waals surface area contributed by atoms with Crippen molar-refractivity contribution in [2.24, 2.45) is 0 Å². The Morgan fingerprint density at radius 2 is 1.47 bits per heavy atom. The van der Waals surface area contributed by atoms with Crippen molar-refractivity contribution in [2.75, 3.05) is 31.1 Å². The van der Waals surface area contributed by atoms with Crippen LogP contribution in [0.5, 0.6) is 0 Å². The SMILES string of the molecule is Cc1c(-c2cnc(C3CCCN3)[nH]2)ccc(N2CCC(c3cnc(C4CCCN4)[nH]3)CC2)c1C. The maximum Gasteiger partial charge on any atom is 0.123 e. The standard InChI is InChI=1S/C27H37N7/c1-17-18(2)25(8-7-20(17)24-16-31-27(33-24)22-6-4-12-29-22)34-13-9-19(10-14-34)23-15-30-26(32-23)21-5-3-11-28-21/h7-8,15-16,19,21-22,28-29H,3-6,9-14H2,1-2H3,(H,30,32)(H,31,33). The molecule has 0 bridgehead atoms. The van der Waals surface area contributed by atoms with E-state index in [9.17, 15) is 0 Å². The molecule has 6 rings (SSSR count). The van der Waals surface area contributed by atoms with Crippen LogP contribution in [0.15, 0.2) is 24.5 Å². The Bertz CT molecular complexity index is 1130. The predicted molar refractivity (Wildman–Crippen MR) is 136 cm³/mol. The average molecular weight is 460 g/mol. The molecule has 0 spiro atoms. The molecule has 0 amide bonds. The van der Waals surface area contributed by atoms with Gasteiger partial charge in [-0.2, -0.15) is 0 Å². The molecule has 7 heteroatoms. The molecule has 3 aliphatic heterocycles. The number of benzene rings is 1. The van der Waals surface area contributed by atoms with Gasteiger partial charge in [0.15, 0.2) is 0 Å². The second-order valence-corrected chi connectivity index (χ2v) is 10.3. The van der Waals surface area contributed by atoms with Crippen molar-refractivity contribution in [1.82, 2.24) is 30.6 Å². The zero-order chi connectivity index (χ0) is 23.1. The highest BCUT2D eigenvalue weighted by atomic mass is 15.1. The van der Waals surface area contributed by atoms with E-state index in [2.05, 4.69) is 62.7 Å². The lowest BCUT2D eigenvalue weighted by atomic mass is 9.92. The summed E-state index contributed by atoms with van der Waals surface area (Å²) in [5, 5.41) is 7.09. The fourth-order valence-electron chi connectivity index (χ4n) is 6.09. The molecule has 3 aliphatic rings. The summed E-state index contributed by atoms with van der Waals surface area (Å²) in [5.41, 5.74) is 7.80. The summed E-state index contributed by atoms with van der Waals surface area (Å²) < 4.78 is 0. The highest BCUT2D eigenvalue weighted by Crippen LogP contribution is 2.36. The zero-order valence-electron chi connectivity index (χ0n) is 20.5. The van der Waals surface area contributed by atoms with Crippen LogP contribution < -0.4 is 15.5 Å². The van der Waals surface area contributed by atoms with Gasteiger partial charge in [0.1, 0.15) is 11.6 Å². The summed E-state index contributed by atoms with van der Waals surface area (Å²) in [7, 11) is 0. The Kier molecular flexibility index (Phi) is 5.91. The number of aromatic nitrogens is 4. The van der Waals surface area contributed by atoms with E-state index < -0.39 is 0 Å². The van der Waals surface area contributed by atoms with Gasteiger partial charge in [0.05, 0.1) is 24.0 Å². The van der Waals surface area contributed by atoms with Crippen molar-refractivity contribution < 1.29 is 0 Å². The molecule has 5 heterocycles. The second-order valence-electron chi connectivity index (χ2n) is 10.3. The summed E-state index contributed by atoms with van der Waals surface area (Å²) in [5.74, 6) is 2.77. The smallest absolute Gasteiger partial charge is 0.123 e. The minimum absolute atomic E-state index is 0.371. The first-order valence-electron chi connectivity index (χ1n) is 13.1. The highest BCUT2D eigenvalue weighted by molar-refractivity contribution is 5.71. The number of imidazole rings is 2. The third-order valence-electron chi connectivity index (χ3n) is 8.32. The van der Waals surface area contributed by atoms with Crippen molar-refractivity contribution >= 4 is 5.69 Å². The molecule has 7 nitrogen and oxygen atoms in total. The summed E-state index contributed by atoms with van der Waals surface area (Å²) >= 11 is 0. The number of nitrogens with one attached hydrogen (secondary N) is 4. The van der Waals surface area contributed by atoms with Gasteiger partial charge in [-0.3, -0.25) is 0 Å². The van der Waals surface area contributed by atoms with Crippen LogP contribution in [-0.4, -0.2) is 46.1 Å². The highest BCUT2D eigenvalue weighted by Gasteiger charge is 2.26. The normalized spacial score (nSPS) is 23.8. The van der Waals surface area contributed by atoms with Gasteiger partial charge in [-0.1, -0.05) is 6.07 Å². The van der Waals surface area contributed by atoms with Crippen molar-refractivity contribution in [3.63, 3.8) is 0 Å². The summed E-state index contributed by atoms with van der Waals surface area (Å²) in [6.45, 7) is 8.88. The molecule has 3 aromatic rings. The van der Waals surface area contributed by atoms with E-state index >= 15 is 0 Å². The van der Waals surface area contributed by atoms with E-state index in [1.165, 1.54) is 47.3 Å². The number of H-pyrrole nitrogens is 2. The Morgan fingerprint density at radius 1 is 0.794 bits per heavy atom. The minimum atomic E-state index is 0.371. The van der Waals surface area contributed by atoms with Crippen molar-refractivity contribution in [3.05, 3.63) is 53.0 Å². The number of nitrogens with zero attached hydrogens (tertiary/aromatic N) is 3. The van der Waals surface area contributed by atoms with Gasteiger partial charge in [0.25, 0.3) is 0 Å². The van der Waals surface area contributed by atoms with Crippen LogP contribution in [0.1, 0.15) is 85.0 Å². The van der Waals surface area contributed by atoms with Crippen LogP contribution in [0.4, 0.5) is 5.69 Å². The van der Waals surface area contributed by atoms with Gasteiger partial charge >= 0.3 is 0 Å². The van der Waals surface area contributed by atoms with Crippen LogP contribution in [0.2, 0.25) is 0 Å². The van der Waals surface area contributed by atoms with Crippen LogP contribution in [-0.2, 0) is 0 Å². The van der Waals surface area contributed by atoms with Gasteiger partial charge in [-0.05, 0) is 82.7 Å². The predicted octanol–water partition coefficient (Wildman–Crippen LogP) is 4.65. The van der Waals surface area contributed by atoms with E-state index in [4.69, 9.17) is 4.98 Å². The topological polar surface area (TPSA) is 84.7 Å². The fraction of sp³-hybridized carbons (Fsp3) is 0.556. The maximum absolute atomic E-state index is 4.70. The Hall–Kier alpha value is -2.64. The van der Waals surface area contributed by atoms with Crippen molar-refractivity contribution in [2.45, 2.75) is 70.4 Å². The molecule has 2 atom stereocenters. The maximum atomic E-state index is 4.70. The lowest BCUT2D eigenvalue weighted by Crippen LogP contribution is -2.33. The largest absolute Gasteiger partial charge is 0.371 e. The summed E-state index contributed by atoms with van der Waals surface area (Å²) in [6.07, 6.45) is 11.2. The van der Waals surface area contributed by atoms with Crippen LogP contribution in [0.25, 0.3) is 11.3 Å². The molecule has 0 saturated carbocycles. The first kappa shape index (κ1) is 21.9. The van der Waals surface area contributed by atoms with E-state index in [1.807, 2.05) is 6.20 Å². The van der Waals surface area contributed by atoms with E-state index in [-0.39, 0.29) is 0 Å². The summed E-state index contributed by atoms with van der Waals surface area (Å²) in [6, 6.07) is 5.38. The molecule has 3 fully saturated rings. The molecule has 180 valence electrons. The van der Waals surface area contributed by atoms with E-state index in [0.717, 1.165) is 62.8 Å².